The Morgan fingerprint density at radius 2 is 2.35 bits per heavy atom. The smallest absolute Gasteiger partial charge is 0.160 e. The number of rotatable bonds is 4. The Morgan fingerprint density at radius 3 is 2.94 bits per heavy atom. The monoisotopic (exact) mass is 330 g/mol. The summed E-state index contributed by atoms with van der Waals surface area (Å²) in [5.74, 6) is 0. The van der Waals surface area contributed by atoms with Gasteiger partial charge in [-0.25, -0.2) is 0 Å². The number of nitrogens with zero attached hydrogens (tertiary/aromatic N) is 2. The van der Waals surface area contributed by atoms with Crippen molar-refractivity contribution in [3.8, 4) is 0 Å². The number of hydrogen-bond donors (Lipinski definition) is 0. The second kappa shape index (κ2) is 5.33. The first-order valence-corrected chi connectivity index (χ1v) is 8.81. The molecule has 1 atom stereocenters. The lowest BCUT2D eigenvalue weighted by molar-refractivity contribution is 0.415. The summed E-state index contributed by atoms with van der Waals surface area (Å²) in [5, 5.41) is 5.10. The Bertz CT molecular complexity index is 401. The molecule has 1 aromatic rings. The van der Waals surface area contributed by atoms with Crippen molar-refractivity contribution in [2.45, 2.75) is 30.7 Å². The first-order chi connectivity index (χ1) is 8.36. The van der Waals surface area contributed by atoms with E-state index in [1.54, 1.807) is 0 Å². The van der Waals surface area contributed by atoms with Crippen LogP contribution in [0.15, 0.2) is 22.5 Å². The normalized spacial score (nSPS) is 23.8. The molecule has 1 aromatic heterocycles. The van der Waals surface area contributed by atoms with E-state index in [9.17, 15) is 0 Å². The molecular formula is C12H15BrN2S2. The molecule has 2 nitrogen and oxygen atoms in total. The number of halogens is 1. The highest BCUT2D eigenvalue weighted by molar-refractivity contribution is 9.09. The van der Waals surface area contributed by atoms with Crippen LogP contribution in [0.25, 0.3) is 0 Å². The lowest BCUT2D eigenvalue weighted by Gasteiger charge is -2.23. The van der Waals surface area contributed by atoms with Crippen LogP contribution in [0.5, 0.6) is 0 Å². The standard InChI is InChI=1S/C12H15BrN2S2/c13-6-11-7-14-12(17-11)15(9-3-4-9)8-10-2-1-5-16-10/h1-2,5,9,11H,3-4,6-8H2. The van der Waals surface area contributed by atoms with Crippen molar-refractivity contribution in [3.63, 3.8) is 0 Å². The molecule has 92 valence electrons. The summed E-state index contributed by atoms with van der Waals surface area (Å²) in [6.45, 7) is 2.02. The highest BCUT2D eigenvalue weighted by atomic mass is 79.9. The van der Waals surface area contributed by atoms with Crippen LogP contribution >= 0.6 is 39.0 Å². The van der Waals surface area contributed by atoms with Gasteiger partial charge in [-0.2, -0.15) is 0 Å². The van der Waals surface area contributed by atoms with Gasteiger partial charge < -0.3 is 4.90 Å². The summed E-state index contributed by atoms with van der Waals surface area (Å²) < 4.78 is 0. The molecule has 2 aliphatic rings. The minimum absolute atomic E-state index is 0.634. The van der Waals surface area contributed by atoms with Gasteiger partial charge in [0.15, 0.2) is 5.17 Å². The van der Waals surface area contributed by atoms with Crippen LogP contribution in [-0.4, -0.2) is 33.2 Å². The highest BCUT2D eigenvalue weighted by Gasteiger charge is 2.34. The molecule has 5 heteroatoms. The molecular weight excluding hydrogens is 316 g/mol. The molecule has 0 radical (unpaired) electrons. The molecule has 0 amide bonds. The molecule has 1 aliphatic heterocycles. The van der Waals surface area contributed by atoms with Gasteiger partial charge in [-0.05, 0) is 24.3 Å². The van der Waals surface area contributed by atoms with Gasteiger partial charge in [0.2, 0.25) is 0 Å². The average Bonchev–Trinajstić information content (AvgIpc) is 2.88. The van der Waals surface area contributed by atoms with Crippen LogP contribution in [-0.2, 0) is 6.54 Å². The Morgan fingerprint density at radius 1 is 1.47 bits per heavy atom. The maximum absolute atomic E-state index is 4.71. The summed E-state index contributed by atoms with van der Waals surface area (Å²) in [5.41, 5.74) is 0. The molecule has 0 aromatic carbocycles. The molecule has 3 rings (SSSR count). The van der Waals surface area contributed by atoms with Crippen molar-refractivity contribution in [2.75, 3.05) is 11.9 Å². The zero-order valence-electron chi connectivity index (χ0n) is 9.51. The number of thiophene rings is 1. The lowest BCUT2D eigenvalue weighted by Crippen LogP contribution is -2.29. The van der Waals surface area contributed by atoms with Crippen LogP contribution < -0.4 is 0 Å². The predicted molar refractivity (Wildman–Crippen MR) is 80.4 cm³/mol. The van der Waals surface area contributed by atoms with Gasteiger partial charge in [-0.15, -0.1) is 11.3 Å². The number of aliphatic imine (C=N–C) groups is 1. The summed E-state index contributed by atoms with van der Waals surface area (Å²) in [6, 6.07) is 5.11. The molecule has 1 unspecified atom stereocenters. The van der Waals surface area contributed by atoms with Gasteiger partial charge in [-0.3, -0.25) is 4.99 Å². The van der Waals surface area contributed by atoms with Crippen LogP contribution in [0.1, 0.15) is 17.7 Å². The summed E-state index contributed by atoms with van der Waals surface area (Å²) in [4.78, 5) is 8.67. The van der Waals surface area contributed by atoms with E-state index >= 15 is 0 Å². The third-order valence-electron chi connectivity index (χ3n) is 3.01. The van der Waals surface area contributed by atoms with Crippen LogP contribution in [0, 0.1) is 0 Å². The topological polar surface area (TPSA) is 15.6 Å². The summed E-state index contributed by atoms with van der Waals surface area (Å²) in [7, 11) is 0. The molecule has 0 saturated heterocycles. The Balaban J connectivity index is 1.68. The van der Waals surface area contributed by atoms with E-state index < -0.39 is 0 Å². The molecule has 1 aliphatic carbocycles. The molecule has 0 spiro atoms. The predicted octanol–water partition coefficient (Wildman–Crippen LogP) is 3.58. The Labute approximate surface area is 119 Å². The van der Waals surface area contributed by atoms with E-state index in [0.29, 0.717) is 5.25 Å². The van der Waals surface area contributed by atoms with E-state index in [1.165, 1.54) is 22.9 Å². The highest BCUT2D eigenvalue weighted by Crippen LogP contribution is 2.35. The van der Waals surface area contributed by atoms with Crippen molar-refractivity contribution in [2.24, 2.45) is 4.99 Å². The quantitative estimate of drug-likeness (QED) is 0.784. The first-order valence-electron chi connectivity index (χ1n) is 5.93. The zero-order valence-corrected chi connectivity index (χ0v) is 12.7. The van der Waals surface area contributed by atoms with E-state index in [-0.39, 0.29) is 0 Å². The molecule has 17 heavy (non-hydrogen) atoms. The fourth-order valence-corrected chi connectivity index (χ4v) is 4.26. The minimum atomic E-state index is 0.634. The zero-order chi connectivity index (χ0) is 11.7. The fourth-order valence-electron chi connectivity index (χ4n) is 1.95. The Kier molecular flexibility index (Phi) is 3.78. The number of thioether (sulfide) groups is 1. The first kappa shape index (κ1) is 12.1. The summed E-state index contributed by atoms with van der Waals surface area (Å²) in [6.07, 6.45) is 2.67. The molecule has 2 heterocycles. The third kappa shape index (κ3) is 2.88. The summed E-state index contributed by atoms with van der Waals surface area (Å²) >= 11 is 7.34. The maximum atomic E-state index is 4.71. The Hall–Kier alpha value is -0.000000000000000111. The van der Waals surface area contributed by atoms with E-state index in [2.05, 4.69) is 38.3 Å². The van der Waals surface area contributed by atoms with Crippen molar-refractivity contribution in [1.29, 1.82) is 0 Å². The van der Waals surface area contributed by atoms with Crippen molar-refractivity contribution in [3.05, 3.63) is 22.4 Å². The fraction of sp³-hybridized carbons (Fsp3) is 0.583. The largest absolute Gasteiger partial charge is 0.343 e. The van der Waals surface area contributed by atoms with E-state index in [4.69, 9.17) is 4.99 Å². The second-order valence-electron chi connectivity index (χ2n) is 4.46. The van der Waals surface area contributed by atoms with Gasteiger partial charge in [0.1, 0.15) is 0 Å². The van der Waals surface area contributed by atoms with Crippen molar-refractivity contribution < 1.29 is 0 Å². The van der Waals surface area contributed by atoms with Crippen LogP contribution in [0.2, 0.25) is 0 Å². The second-order valence-corrected chi connectivity index (χ2v) is 7.40. The number of hydrogen-bond acceptors (Lipinski definition) is 4. The van der Waals surface area contributed by atoms with E-state index in [1.807, 2.05) is 23.1 Å². The van der Waals surface area contributed by atoms with Gasteiger partial charge in [0.25, 0.3) is 0 Å². The van der Waals surface area contributed by atoms with Gasteiger partial charge >= 0.3 is 0 Å². The van der Waals surface area contributed by atoms with Crippen LogP contribution in [0.4, 0.5) is 0 Å². The van der Waals surface area contributed by atoms with Gasteiger partial charge in [-0.1, -0.05) is 33.8 Å². The third-order valence-corrected chi connectivity index (χ3v) is 6.31. The molecule has 0 bridgehead atoms. The lowest BCUT2D eigenvalue weighted by atomic mass is 10.4. The number of alkyl halides is 1. The van der Waals surface area contributed by atoms with Gasteiger partial charge in [0, 0.05) is 21.5 Å². The van der Waals surface area contributed by atoms with Crippen molar-refractivity contribution in [1.82, 2.24) is 4.90 Å². The number of amidine groups is 1. The molecule has 1 saturated carbocycles. The molecule has 1 fully saturated rings. The average molecular weight is 331 g/mol. The maximum Gasteiger partial charge on any atom is 0.160 e. The molecule has 0 N–H and O–H groups in total. The van der Waals surface area contributed by atoms with E-state index in [0.717, 1.165) is 24.5 Å². The minimum Gasteiger partial charge on any atom is -0.343 e. The SMILES string of the molecule is BrCC1CN=C(N(Cc2cccs2)C2CC2)S1. The van der Waals surface area contributed by atoms with Crippen LogP contribution in [0.3, 0.4) is 0 Å². The van der Waals surface area contributed by atoms with Gasteiger partial charge in [0.05, 0.1) is 13.1 Å². The van der Waals surface area contributed by atoms with Crippen molar-refractivity contribution >= 4 is 44.2 Å².